The van der Waals surface area contributed by atoms with Gasteiger partial charge < -0.3 is 4.90 Å². The van der Waals surface area contributed by atoms with E-state index < -0.39 is 0 Å². The maximum absolute atomic E-state index is 8.73. The van der Waals surface area contributed by atoms with Gasteiger partial charge in [0, 0.05) is 13.1 Å². The van der Waals surface area contributed by atoms with Gasteiger partial charge in [-0.2, -0.15) is 5.26 Å². The zero-order valence-electron chi connectivity index (χ0n) is 7.59. The van der Waals surface area contributed by atoms with Gasteiger partial charge >= 0.3 is 0 Å². The van der Waals surface area contributed by atoms with Gasteiger partial charge in [0.25, 0.3) is 0 Å². The molecule has 0 amide bonds. The number of rotatable bonds is 4. The van der Waals surface area contributed by atoms with Crippen LogP contribution in [0.25, 0.3) is 0 Å². The van der Waals surface area contributed by atoms with Crippen LogP contribution in [0.15, 0.2) is 11.8 Å². The van der Waals surface area contributed by atoms with Crippen LogP contribution in [0.4, 0.5) is 0 Å². The Morgan fingerprint density at radius 1 is 1.36 bits per heavy atom. The molecule has 0 aliphatic carbocycles. The lowest BCUT2D eigenvalue weighted by Gasteiger charge is -2.18. The molecule has 2 nitrogen and oxygen atoms in total. The Hall–Kier alpha value is -0.970. The molecule has 0 N–H and O–H groups in total. The molecular weight excluding hydrogens is 136 g/mol. The molecule has 0 radical (unpaired) electrons. The summed E-state index contributed by atoms with van der Waals surface area (Å²) in [6.45, 7) is 7.99. The fraction of sp³-hybridized carbons (Fsp3) is 0.667. The van der Waals surface area contributed by atoms with Crippen LogP contribution in [-0.4, -0.2) is 18.0 Å². The molecule has 0 bridgehead atoms. The highest BCUT2D eigenvalue weighted by Gasteiger charge is 2.01. The monoisotopic (exact) mass is 152 g/mol. The molecule has 0 fully saturated rings. The third kappa shape index (κ3) is 3.08. The van der Waals surface area contributed by atoms with Crippen LogP contribution in [0.2, 0.25) is 0 Å². The smallest absolute Gasteiger partial charge is 0.117 e. The Bertz CT molecular complexity index is 161. The highest BCUT2D eigenvalue weighted by molar-refractivity contribution is 5.18. The van der Waals surface area contributed by atoms with Crippen molar-refractivity contribution in [3.8, 4) is 6.07 Å². The maximum atomic E-state index is 8.73. The standard InChI is InChI=1S/C9H16N2/c1-4-7-9(8-10)11(5-2)6-3/h7H,4-6H2,1-3H3. The van der Waals surface area contributed by atoms with E-state index in [1.54, 1.807) is 0 Å². The number of nitriles is 1. The largest absolute Gasteiger partial charge is 0.364 e. The molecule has 0 aromatic carbocycles. The Balaban J connectivity index is 4.24. The fourth-order valence-electron chi connectivity index (χ4n) is 1.00. The molecule has 62 valence electrons. The van der Waals surface area contributed by atoms with Crippen molar-refractivity contribution in [2.24, 2.45) is 0 Å². The van der Waals surface area contributed by atoms with Crippen molar-refractivity contribution < 1.29 is 0 Å². The molecule has 0 aliphatic heterocycles. The highest BCUT2D eigenvalue weighted by atomic mass is 15.1. The minimum absolute atomic E-state index is 0.803. The van der Waals surface area contributed by atoms with Crippen LogP contribution in [0.3, 0.4) is 0 Å². The lowest BCUT2D eigenvalue weighted by molar-refractivity contribution is 0.395. The van der Waals surface area contributed by atoms with E-state index in [0.717, 1.165) is 25.2 Å². The van der Waals surface area contributed by atoms with E-state index in [1.807, 2.05) is 13.0 Å². The summed E-state index contributed by atoms with van der Waals surface area (Å²) in [5, 5.41) is 8.73. The van der Waals surface area contributed by atoms with Crippen LogP contribution >= 0.6 is 0 Å². The number of allylic oxidation sites excluding steroid dienone is 2. The Labute approximate surface area is 69.1 Å². The van der Waals surface area contributed by atoms with Gasteiger partial charge in [-0.05, 0) is 20.3 Å². The second-order valence-electron chi connectivity index (χ2n) is 2.28. The van der Waals surface area contributed by atoms with Gasteiger partial charge in [0.05, 0.1) is 0 Å². The molecule has 0 heterocycles. The first-order chi connectivity index (χ1) is 5.29. The number of nitrogens with zero attached hydrogens (tertiary/aromatic N) is 2. The van der Waals surface area contributed by atoms with Gasteiger partial charge in [-0.1, -0.05) is 13.0 Å². The van der Waals surface area contributed by atoms with Gasteiger partial charge in [-0.3, -0.25) is 0 Å². The maximum Gasteiger partial charge on any atom is 0.117 e. The molecule has 2 heteroatoms. The van der Waals surface area contributed by atoms with E-state index in [2.05, 4.69) is 24.8 Å². The Kier molecular flexibility index (Phi) is 5.28. The molecule has 0 aliphatic rings. The zero-order chi connectivity index (χ0) is 8.69. The molecule has 11 heavy (non-hydrogen) atoms. The van der Waals surface area contributed by atoms with Crippen molar-refractivity contribution in [1.29, 1.82) is 5.26 Å². The second-order valence-corrected chi connectivity index (χ2v) is 2.28. The summed E-state index contributed by atoms with van der Waals surface area (Å²) in [5.41, 5.74) is 0.803. The lowest BCUT2D eigenvalue weighted by atomic mass is 10.3. The van der Waals surface area contributed by atoms with Crippen molar-refractivity contribution in [1.82, 2.24) is 4.90 Å². The van der Waals surface area contributed by atoms with Gasteiger partial charge in [0.1, 0.15) is 11.8 Å². The molecule has 0 aromatic rings. The van der Waals surface area contributed by atoms with E-state index in [4.69, 9.17) is 5.26 Å². The van der Waals surface area contributed by atoms with Crippen molar-refractivity contribution in [3.05, 3.63) is 11.8 Å². The summed E-state index contributed by atoms with van der Waals surface area (Å²) >= 11 is 0. The topological polar surface area (TPSA) is 27.0 Å². The van der Waals surface area contributed by atoms with Crippen molar-refractivity contribution >= 4 is 0 Å². The van der Waals surface area contributed by atoms with Crippen LogP contribution in [0.1, 0.15) is 27.2 Å². The molecule has 0 unspecified atom stereocenters. The van der Waals surface area contributed by atoms with Crippen LogP contribution in [0.5, 0.6) is 0 Å². The molecular formula is C9H16N2. The minimum atomic E-state index is 0.803. The normalized spacial score (nSPS) is 10.9. The second kappa shape index (κ2) is 5.79. The summed E-state index contributed by atoms with van der Waals surface area (Å²) < 4.78 is 0. The van der Waals surface area contributed by atoms with Gasteiger partial charge in [0.2, 0.25) is 0 Å². The first-order valence-corrected chi connectivity index (χ1v) is 4.15. The van der Waals surface area contributed by atoms with Crippen molar-refractivity contribution in [3.63, 3.8) is 0 Å². The molecule has 0 saturated carbocycles. The number of hydrogen-bond acceptors (Lipinski definition) is 2. The molecule has 0 saturated heterocycles. The van der Waals surface area contributed by atoms with E-state index in [-0.39, 0.29) is 0 Å². The quantitative estimate of drug-likeness (QED) is 0.577. The van der Waals surface area contributed by atoms with Gasteiger partial charge in [0.15, 0.2) is 0 Å². The fourth-order valence-corrected chi connectivity index (χ4v) is 1.00. The highest BCUT2D eigenvalue weighted by Crippen LogP contribution is 2.02. The van der Waals surface area contributed by atoms with E-state index in [0.29, 0.717) is 0 Å². The van der Waals surface area contributed by atoms with E-state index in [9.17, 15) is 0 Å². The predicted molar refractivity (Wildman–Crippen MR) is 46.9 cm³/mol. The SMILES string of the molecule is CCC=C(C#N)N(CC)CC. The first-order valence-electron chi connectivity index (χ1n) is 4.15. The van der Waals surface area contributed by atoms with Gasteiger partial charge in [-0.25, -0.2) is 0 Å². The summed E-state index contributed by atoms with van der Waals surface area (Å²) in [4.78, 5) is 2.06. The Morgan fingerprint density at radius 3 is 2.18 bits per heavy atom. The van der Waals surface area contributed by atoms with Gasteiger partial charge in [-0.15, -0.1) is 0 Å². The zero-order valence-corrected chi connectivity index (χ0v) is 7.59. The average Bonchev–Trinajstić information content (AvgIpc) is 2.05. The molecule has 0 atom stereocenters. The van der Waals surface area contributed by atoms with Crippen LogP contribution < -0.4 is 0 Å². The first kappa shape index (κ1) is 10.0. The minimum Gasteiger partial charge on any atom is -0.364 e. The summed E-state index contributed by atoms with van der Waals surface area (Å²) in [6.07, 6.45) is 2.90. The lowest BCUT2D eigenvalue weighted by Crippen LogP contribution is -2.21. The molecule has 0 spiro atoms. The van der Waals surface area contributed by atoms with Crippen molar-refractivity contribution in [2.75, 3.05) is 13.1 Å². The Morgan fingerprint density at radius 2 is 1.91 bits per heavy atom. The summed E-state index contributed by atoms with van der Waals surface area (Å²) in [5.74, 6) is 0. The average molecular weight is 152 g/mol. The molecule has 0 rings (SSSR count). The van der Waals surface area contributed by atoms with Crippen molar-refractivity contribution in [2.45, 2.75) is 27.2 Å². The summed E-state index contributed by atoms with van der Waals surface area (Å²) in [7, 11) is 0. The third-order valence-corrected chi connectivity index (χ3v) is 1.62. The number of hydrogen-bond donors (Lipinski definition) is 0. The van der Waals surface area contributed by atoms with E-state index >= 15 is 0 Å². The summed E-state index contributed by atoms with van der Waals surface area (Å²) in [6, 6.07) is 2.19. The van der Waals surface area contributed by atoms with Crippen LogP contribution in [-0.2, 0) is 0 Å². The van der Waals surface area contributed by atoms with E-state index in [1.165, 1.54) is 0 Å². The molecule has 0 aromatic heterocycles. The predicted octanol–water partition coefficient (Wildman–Crippen LogP) is 2.15. The third-order valence-electron chi connectivity index (χ3n) is 1.62. The van der Waals surface area contributed by atoms with Crippen LogP contribution in [0, 0.1) is 11.3 Å².